The van der Waals surface area contributed by atoms with Crippen molar-refractivity contribution in [3.05, 3.63) is 47.5 Å². The van der Waals surface area contributed by atoms with E-state index in [2.05, 4.69) is 0 Å². The lowest BCUT2D eigenvalue weighted by Gasteiger charge is -2.01. The van der Waals surface area contributed by atoms with Gasteiger partial charge in [-0.3, -0.25) is 4.79 Å². The standard InChI is InChI=1S/C11H13NO/c1-2-10(11(12)13)8-9-6-4-3-5-7-9/h2-7H,8H2,1H3,(H2,12,13)/b10-2+. The molecule has 0 aliphatic heterocycles. The van der Waals surface area contributed by atoms with Crippen LogP contribution in [0.4, 0.5) is 0 Å². The fourth-order valence-electron chi connectivity index (χ4n) is 1.15. The lowest BCUT2D eigenvalue weighted by Crippen LogP contribution is -2.15. The Bertz CT molecular complexity index is 314. The first-order chi connectivity index (χ1) is 6.24. The van der Waals surface area contributed by atoms with Crippen LogP contribution in [0.3, 0.4) is 0 Å². The highest BCUT2D eigenvalue weighted by molar-refractivity contribution is 5.92. The SMILES string of the molecule is C/C=C(\Cc1ccccc1)C(N)=O. The van der Waals surface area contributed by atoms with Crippen molar-refractivity contribution in [1.82, 2.24) is 0 Å². The van der Waals surface area contributed by atoms with Crippen LogP contribution in [0, 0.1) is 0 Å². The maximum atomic E-state index is 10.9. The van der Waals surface area contributed by atoms with E-state index in [0.29, 0.717) is 12.0 Å². The minimum absolute atomic E-state index is 0.341. The fourth-order valence-corrected chi connectivity index (χ4v) is 1.15. The summed E-state index contributed by atoms with van der Waals surface area (Å²) in [4.78, 5) is 10.9. The number of carbonyl (C=O) groups excluding carboxylic acids is 1. The van der Waals surface area contributed by atoms with Crippen LogP contribution in [0.25, 0.3) is 0 Å². The van der Waals surface area contributed by atoms with Gasteiger partial charge in [-0.15, -0.1) is 0 Å². The molecule has 2 nitrogen and oxygen atoms in total. The number of allylic oxidation sites excluding steroid dienone is 1. The molecule has 0 radical (unpaired) electrons. The maximum Gasteiger partial charge on any atom is 0.244 e. The molecule has 1 amide bonds. The zero-order valence-electron chi connectivity index (χ0n) is 7.66. The number of hydrogen-bond acceptors (Lipinski definition) is 1. The first-order valence-corrected chi connectivity index (χ1v) is 4.23. The quantitative estimate of drug-likeness (QED) is 0.697. The van der Waals surface area contributed by atoms with Gasteiger partial charge in [-0.05, 0) is 12.5 Å². The van der Waals surface area contributed by atoms with Crippen LogP contribution in [-0.2, 0) is 11.2 Å². The summed E-state index contributed by atoms with van der Waals surface area (Å²) in [5.41, 5.74) is 6.95. The second kappa shape index (κ2) is 4.45. The van der Waals surface area contributed by atoms with Crippen molar-refractivity contribution in [2.24, 2.45) is 5.73 Å². The zero-order chi connectivity index (χ0) is 9.68. The average molecular weight is 175 g/mol. The summed E-state index contributed by atoms with van der Waals surface area (Å²) in [5, 5.41) is 0. The fraction of sp³-hybridized carbons (Fsp3) is 0.182. The van der Waals surface area contributed by atoms with Crippen LogP contribution in [0.2, 0.25) is 0 Å². The van der Waals surface area contributed by atoms with Crippen molar-refractivity contribution < 1.29 is 4.79 Å². The molecule has 2 N–H and O–H groups in total. The predicted molar refractivity (Wildman–Crippen MR) is 53.1 cm³/mol. The Labute approximate surface area is 78.1 Å². The molecular formula is C11H13NO. The molecule has 0 aliphatic rings. The molecule has 0 saturated heterocycles. The number of nitrogens with two attached hydrogens (primary N) is 1. The molecule has 0 unspecified atom stereocenters. The third-order valence-electron chi connectivity index (χ3n) is 1.90. The molecule has 0 heterocycles. The number of rotatable bonds is 3. The zero-order valence-corrected chi connectivity index (χ0v) is 7.66. The van der Waals surface area contributed by atoms with Gasteiger partial charge in [-0.2, -0.15) is 0 Å². The largest absolute Gasteiger partial charge is 0.366 e. The van der Waals surface area contributed by atoms with Crippen molar-refractivity contribution >= 4 is 5.91 Å². The van der Waals surface area contributed by atoms with Gasteiger partial charge in [0.1, 0.15) is 0 Å². The van der Waals surface area contributed by atoms with Gasteiger partial charge in [0, 0.05) is 12.0 Å². The molecule has 13 heavy (non-hydrogen) atoms. The van der Waals surface area contributed by atoms with Crippen molar-refractivity contribution in [2.45, 2.75) is 13.3 Å². The van der Waals surface area contributed by atoms with Gasteiger partial charge < -0.3 is 5.73 Å². The molecule has 1 rings (SSSR count). The smallest absolute Gasteiger partial charge is 0.244 e. The lowest BCUT2D eigenvalue weighted by molar-refractivity contribution is -0.114. The summed E-state index contributed by atoms with van der Waals surface area (Å²) in [6.45, 7) is 1.82. The Kier molecular flexibility index (Phi) is 3.26. The second-order valence-corrected chi connectivity index (χ2v) is 2.84. The molecule has 0 aliphatic carbocycles. The van der Waals surface area contributed by atoms with Crippen LogP contribution in [-0.4, -0.2) is 5.91 Å². The van der Waals surface area contributed by atoms with Crippen molar-refractivity contribution in [3.63, 3.8) is 0 Å². The van der Waals surface area contributed by atoms with Crippen molar-refractivity contribution in [3.8, 4) is 0 Å². The summed E-state index contributed by atoms with van der Waals surface area (Å²) in [6, 6.07) is 9.80. The van der Waals surface area contributed by atoms with Crippen molar-refractivity contribution in [2.75, 3.05) is 0 Å². The summed E-state index contributed by atoms with van der Waals surface area (Å²) >= 11 is 0. The molecule has 0 fully saturated rings. The lowest BCUT2D eigenvalue weighted by atomic mass is 10.1. The van der Waals surface area contributed by atoms with Crippen LogP contribution >= 0.6 is 0 Å². The minimum atomic E-state index is -0.341. The molecular weight excluding hydrogens is 162 g/mol. The highest BCUT2D eigenvalue weighted by Gasteiger charge is 2.03. The first-order valence-electron chi connectivity index (χ1n) is 4.23. The maximum absolute atomic E-state index is 10.9. The van der Waals surface area contributed by atoms with Gasteiger partial charge in [-0.1, -0.05) is 36.4 Å². The number of benzene rings is 1. The van der Waals surface area contributed by atoms with E-state index in [1.165, 1.54) is 0 Å². The van der Waals surface area contributed by atoms with Gasteiger partial charge in [0.05, 0.1) is 0 Å². The van der Waals surface area contributed by atoms with Crippen LogP contribution in [0.5, 0.6) is 0 Å². The predicted octanol–water partition coefficient (Wildman–Crippen LogP) is 1.66. The molecule has 0 spiro atoms. The van der Waals surface area contributed by atoms with E-state index in [1.54, 1.807) is 6.08 Å². The number of carbonyl (C=O) groups is 1. The Morgan fingerprint density at radius 1 is 1.38 bits per heavy atom. The summed E-state index contributed by atoms with van der Waals surface area (Å²) in [6.07, 6.45) is 2.38. The number of amides is 1. The Morgan fingerprint density at radius 3 is 2.46 bits per heavy atom. The number of primary amides is 1. The molecule has 0 saturated carbocycles. The van der Waals surface area contributed by atoms with Gasteiger partial charge >= 0.3 is 0 Å². The molecule has 0 bridgehead atoms. The van der Waals surface area contributed by atoms with Gasteiger partial charge in [0.15, 0.2) is 0 Å². The molecule has 0 aromatic heterocycles. The van der Waals surface area contributed by atoms with E-state index in [0.717, 1.165) is 5.56 Å². The average Bonchev–Trinajstić information content (AvgIpc) is 2.15. The van der Waals surface area contributed by atoms with E-state index in [4.69, 9.17) is 5.73 Å². The summed E-state index contributed by atoms with van der Waals surface area (Å²) in [7, 11) is 0. The first kappa shape index (κ1) is 9.52. The third-order valence-corrected chi connectivity index (χ3v) is 1.90. The van der Waals surface area contributed by atoms with E-state index in [1.807, 2.05) is 37.3 Å². The molecule has 1 aromatic carbocycles. The minimum Gasteiger partial charge on any atom is -0.366 e. The Hall–Kier alpha value is -1.57. The highest BCUT2D eigenvalue weighted by Crippen LogP contribution is 2.06. The topological polar surface area (TPSA) is 43.1 Å². The molecule has 0 atom stereocenters. The normalized spacial score (nSPS) is 11.3. The summed E-state index contributed by atoms with van der Waals surface area (Å²) < 4.78 is 0. The van der Waals surface area contributed by atoms with Crippen LogP contribution in [0.1, 0.15) is 12.5 Å². The Balaban J connectivity index is 2.74. The molecule has 68 valence electrons. The summed E-state index contributed by atoms with van der Waals surface area (Å²) in [5.74, 6) is -0.341. The van der Waals surface area contributed by atoms with Gasteiger partial charge in [0.2, 0.25) is 5.91 Å². The van der Waals surface area contributed by atoms with Gasteiger partial charge in [0.25, 0.3) is 0 Å². The monoisotopic (exact) mass is 175 g/mol. The Morgan fingerprint density at radius 2 is 2.00 bits per heavy atom. The van der Waals surface area contributed by atoms with Gasteiger partial charge in [-0.25, -0.2) is 0 Å². The van der Waals surface area contributed by atoms with Crippen molar-refractivity contribution in [1.29, 1.82) is 0 Å². The highest BCUT2D eigenvalue weighted by atomic mass is 16.1. The van der Waals surface area contributed by atoms with E-state index < -0.39 is 0 Å². The second-order valence-electron chi connectivity index (χ2n) is 2.84. The van der Waals surface area contributed by atoms with E-state index >= 15 is 0 Å². The van der Waals surface area contributed by atoms with Crippen LogP contribution in [0.15, 0.2) is 42.0 Å². The number of hydrogen-bond donors (Lipinski definition) is 1. The van der Waals surface area contributed by atoms with E-state index in [-0.39, 0.29) is 5.91 Å². The van der Waals surface area contributed by atoms with Crippen LogP contribution < -0.4 is 5.73 Å². The van der Waals surface area contributed by atoms with E-state index in [9.17, 15) is 4.79 Å². The molecule has 2 heteroatoms. The third kappa shape index (κ3) is 2.75. The molecule has 1 aromatic rings.